The molecule has 0 atom stereocenters. The standard InChI is InChI=1S/C21H18Cl2N6O3/c1-27-18-17(19(31)28(2)21(27)32)29(11-14-15(22)4-3-5-16(14)23)20(25-18)26-24-10-12-6-8-13(30)9-7-12/h3-10,30H,11H2,1-2H3,(H,25,26)/b24-10-. The maximum Gasteiger partial charge on any atom is 0.332 e. The molecule has 9 nitrogen and oxygen atoms in total. The summed E-state index contributed by atoms with van der Waals surface area (Å²) < 4.78 is 3.88. The number of benzene rings is 2. The van der Waals surface area contributed by atoms with Gasteiger partial charge in [0.25, 0.3) is 5.56 Å². The number of aryl methyl sites for hydroxylation is 1. The number of hydrogen-bond donors (Lipinski definition) is 2. The zero-order chi connectivity index (χ0) is 23.0. The van der Waals surface area contributed by atoms with Crippen molar-refractivity contribution in [3.05, 3.63) is 84.5 Å². The van der Waals surface area contributed by atoms with Gasteiger partial charge in [-0.25, -0.2) is 10.2 Å². The fourth-order valence-electron chi connectivity index (χ4n) is 3.25. The molecule has 164 valence electrons. The van der Waals surface area contributed by atoms with Gasteiger partial charge in [0, 0.05) is 29.7 Å². The predicted octanol–water partition coefficient (Wildman–Crippen LogP) is 2.94. The van der Waals surface area contributed by atoms with E-state index in [1.807, 2.05) is 0 Å². The molecule has 2 heterocycles. The summed E-state index contributed by atoms with van der Waals surface area (Å²) >= 11 is 12.7. The topological polar surface area (TPSA) is 106 Å². The van der Waals surface area contributed by atoms with Crippen molar-refractivity contribution in [2.45, 2.75) is 6.54 Å². The lowest BCUT2D eigenvalue weighted by Gasteiger charge is -2.12. The third-order valence-corrected chi connectivity index (χ3v) is 5.71. The highest BCUT2D eigenvalue weighted by Gasteiger charge is 2.20. The number of aromatic nitrogens is 4. The Hall–Kier alpha value is -3.56. The Kier molecular flexibility index (Phi) is 5.77. The monoisotopic (exact) mass is 472 g/mol. The second kappa shape index (κ2) is 8.52. The van der Waals surface area contributed by atoms with Crippen molar-refractivity contribution in [3.63, 3.8) is 0 Å². The van der Waals surface area contributed by atoms with Gasteiger partial charge in [0.1, 0.15) is 5.75 Å². The van der Waals surface area contributed by atoms with Crippen LogP contribution in [0.15, 0.2) is 57.2 Å². The molecule has 2 N–H and O–H groups in total. The number of fused-ring (bicyclic) bond motifs is 1. The first-order valence-corrected chi connectivity index (χ1v) is 10.2. The molecule has 0 radical (unpaired) electrons. The van der Waals surface area contributed by atoms with Gasteiger partial charge in [-0.15, -0.1) is 0 Å². The lowest BCUT2D eigenvalue weighted by Crippen LogP contribution is -2.37. The number of phenols is 1. The summed E-state index contributed by atoms with van der Waals surface area (Å²) in [6.45, 7) is 0.125. The molecule has 0 aliphatic rings. The molecule has 0 spiro atoms. The summed E-state index contributed by atoms with van der Waals surface area (Å²) in [4.78, 5) is 29.8. The molecule has 4 aromatic rings. The molecule has 0 unspecified atom stereocenters. The molecule has 0 fully saturated rings. The average Bonchev–Trinajstić information content (AvgIpc) is 3.13. The molecule has 0 saturated carbocycles. The van der Waals surface area contributed by atoms with Crippen molar-refractivity contribution < 1.29 is 5.11 Å². The fraction of sp³-hybridized carbons (Fsp3) is 0.143. The number of nitrogens with zero attached hydrogens (tertiary/aromatic N) is 5. The SMILES string of the molecule is Cn1c(=O)c2c(nc(N/N=C\c3ccc(O)cc3)n2Cc2c(Cl)cccc2Cl)n(C)c1=O. The Bertz CT molecular complexity index is 1450. The Morgan fingerprint density at radius 2 is 1.72 bits per heavy atom. The normalized spacial score (nSPS) is 11.5. The quantitative estimate of drug-likeness (QED) is 0.343. The Morgan fingerprint density at radius 3 is 2.38 bits per heavy atom. The summed E-state index contributed by atoms with van der Waals surface area (Å²) in [5, 5.41) is 14.5. The van der Waals surface area contributed by atoms with Crippen LogP contribution in [0.1, 0.15) is 11.1 Å². The van der Waals surface area contributed by atoms with Crippen LogP contribution in [0.5, 0.6) is 5.75 Å². The lowest BCUT2D eigenvalue weighted by atomic mass is 10.2. The maximum absolute atomic E-state index is 13.0. The van der Waals surface area contributed by atoms with Gasteiger partial charge < -0.3 is 5.11 Å². The van der Waals surface area contributed by atoms with Crippen LogP contribution in [-0.4, -0.2) is 30.0 Å². The van der Waals surface area contributed by atoms with Gasteiger partial charge in [-0.3, -0.25) is 18.5 Å². The highest BCUT2D eigenvalue weighted by Crippen LogP contribution is 2.27. The largest absolute Gasteiger partial charge is 0.508 e. The predicted molar refractivity (Wildman–Crippen MR) is 125 cm³/mol. The maximum atomic E-state index is 13.0. The minimum absolute atomic E-state index is 0.125. The number of hydrazone groups is 1. The van der Waals surface area contributed by atoms with Crippen molar-refractivity contribution in [1.82, 2.24) is 18.7 Å². The second-order valence-corrected chi connectivity index (χ2v) is 7.88. The van der Waals surface area contributed by atoms with Crippen LogP contribution in [0.4, 0.5) is 5.95 Å². The average molecular weight is 473 g/mol. The minimum atomic E-state index is -0.505. The summed E-state index contributed by atoms with van der Waals surface area (Å²) in [5.41, 5.74) is 3.55. The number of phenolic OH excluding ortho intramolecular Hbond substituents is 1. The van der Waals surface area contributed by atoms with Crippen LogP contribution in [0.25, 0.3) is 11.2 Å². The summed E-state index contributed by atoms with van der Waals surface area (Å²) in [6.07, 6.45) is 1.53. The van der Waals surface area contributed by atoms with E-state index in [9.17, 15) is 14.7 Å². The smallest absolute Gasteiger partial charge is 0.332 e. The van der Waals surface area contributed by atoms with Crippen molar-refractivity contribution in [2.75, 3.05) is 5.43 Å². The Labute approximate surface area is 191 Å². The Balaban J connectivity index is 1.85. The molecular formula is C21H18Cl2N6O3. The van der Waals surface area contributed by atoms with Gasteiger partial charge in [0.2, 0.25) is 5.95 Å². The van der Waals surface area contributed by atoms with Gasteiger partial charge in [0.05, 0.1) is 12.8 Å². The van der Waals surface area contributed by atoms with Crippen LogP contribution in [0, 0.1) is 0 Å². The van der Waals surface area contributed by atoms with Crippen molar-refractivity contribution in [3.8, 4) is 5.75 Å². The molecule has 0 aliphatic heterocycles. The molecule has 0 saturated heterocycles. The van der Waals surface area contributed by atoms with Gasteiger partial charge in [-0.2, -0.15) is 10.1 Å². The van der Waals surface area contributed by atoms with E-state index < -0.39 is 11.2 Å². The van der Waals surface area contributed by atoms with E-state index in [0.29, 0.717) is 15.6 Å². The number of hydrogen-bond acceptors (Lipinski definition) is 6. The van der Waals surface area contributed by atoms with Crippen molar-refractivity contribution >= 4 is 46.5 Å². The van der Waals surface area contributed by atoms with E-state index in [-0.39, 0.29) is 29.4 Å². The highest BCUT2D eigenvalue weighted by molar-refractivity contribution is 6.36. The second-order valence-electron chi connectivity index (χ2n) is 7.06. The molecule has 0 amide bonds. The number of aromatic hydroxyl groups is 1. The van der Waals surface area contributed by atoms with Crippen LogP contribution in [0.3, 0.4) is 0 Å². The molecule has 2 aromatic carbocycles. The van der Waals surface area contributed by atoms with Gasteiger partial charge in [-0.1, -0.05) is 29.3 Å². The van der Waals surface area contributed by atoms with E-state index in [0.717, 1.165) is 10.1 Å². The zero-order valence-electron chi connectivity index (χ0n) is 17.1. The van der Waals surface area contributed by atoms with Crippen LogP contribution < -0.4 is 16.7 Å². The summed E-state index contributed by atoms with van der Waals surface area (Å²) in [6, 6.07) is 11.6. The van der Waals surface area contributed by atoms with Crippen molar-refractivity contribution in [1.29, 1.82) is 0 Å². The molecular weight excluding hydrogens is 455 g/mol. The first-order valence-electron chi connectivity index (χ1n) is 9.45. The number of nitrogens with one attached hydrogen (secondary N) is 1. The number of rotatable bonds is 5. The number of imidazole rings is 1. The van der Waals surface area contributed by atoms with Gasteiger partial charge in [0.15, 0.2) is 11.2 Å². The van der Waals surface area contributed by atoms with Gasteiger partial charge >= 0.3 is 5.69 Å². The highest BCUT2D eigenvalue weighted by atomic mass is 35.5. The van der Waals surface area contributed by atoms with Crippen LogP contribution in [0.2, 0.25) is 10.0 Å². The third kappa shape index (κ3) is 3.88. The zero-order valence-corrected chi connectivity index (χ0v) is 18.6. The first-order chi connectivity index (χ1) is 15.3. The molecule has 4 rings (SSSR count). The minimum Gasteiger partial charge on any atom is -0.508 e. The van der Waals surface area contributed by atoms with Gasteiger partial charge in [-0.05, 0) is 42.0 Å². The number of halogens is 2. The lowest BCUT2D eigenvalue weighted by molar-refractivity contribution is 0.475. The fourth-order valence-corrected chi connectivity index (χ4v) is 3.77. The molecule has 32 heavy (non-hydrogen) atoms. The third-order valence-electron chi connectivity index (χ3n) is 5.00. The molecule has 2 aromatic heterocycles. The summed E-state index contributed by atoms with van der Waals surface area (Å²) in [7, 11) is 2.94. The van der Waals surface area contributed by atoms with E-state index in [1.54, 1.807) is 34.9 Å². The van der Waals surface area contributed by atoms with E-state index >= 15 is 0 Å². The molecule has 0 aliphatic carbocycles. The summed E-state index contributed by atoms with van der Waals surface area (Å²) in [5.74, 6) is 0.370. The molecule has 11 heteroatoms. The van der Waals surface area contributed by atoms with E-state index in [1.165, 1.54) is 37.0 Å². The van der Waals surface area contributed by atoms with E-state index in [2.05, 4.69) is 15.5 Å². The van der Waals surface area contributed by atoms with Crippen LogP contribution >= 0.6 is 23.2 Å². The number of anilines is 1. The van der Waals surface area contributed by atoms with Crippen LogP contribution in [-0.2, 0) is 20.6 Å². The Morgan fingerprint density at radius 1 is 1.06 bits per heavy atom. The van der Waals surface area contributed by atoms with E-state index in [4.69, 9.17) is 23.2 Å². The van der Waals surface area contributed by atoms with Crippen molar-refractivity contribution in [2.24, 2.45) is 19.2 Å². The molecule has 0 bridgehead atoms. The first kappa shape index (κ1) is 21.7.